The van der Waals surface area contributed by atoms with E-state index in [1.54, 1.807) is 35.3 Å². The van der Waals surface area contributed by atoms with Crippen LogP contribution in [-0.4, -0.2) is 32.1 Å². The van der Waals surface area contributed by atoms with E-state index in [2.05, 4.69) is 22.9 Å². The van der Waals surface area contributed by atoms with Gasteiger partial charge in [-0.3, -0.25) is 0 Å². The van der Waals surface area contributed by atoms with Crippen LogP contribution in [0, 0.1) is 0 Å². The third kappa shape index (κ3) is 3.74. The second kappa shape index (κ2) is 7.70. The van der Waals surface area contributed by atoms with Crippen molar-refractivity contribution in [3.05, 3.63) is 58.1 Å². The van der Waals surface area contributed by atoms with Crippen molar-refractivity contribution in [1.82, 2.24) is 4.31 Å². The molecule has 4 nitrogen and oxygen atoms in total. The molecule has 0 radical (unpaired) electrons. The quantitative estimate of drug-likeness (QED) is 0.686. The van der Waals surface area contributed by atoms with Gasteiger partial charge in [0.05, 0.1) is 21.9 Å². The molecule has 0 aromatic heterocycles. The highest BCUT2D eigenvalue weighted by Gasteiger charge is 2.37. The Hall–Kier alpha value is -1.02. The molecule has 0 spiro atoms. The summed E-state index contributed by atoms with van der Waals surface area (Å²) in [7, 11) is -1.91. The molecule has 134 valence electrons. The van der Waals surface area contributed by atoms with Gasteiger partial charge >= 0.3 is 0 Å². The number of sulfonamides is 1. The highest BCUT2D eigenvalue weighted by Crippen LogP contribution is 2.43. The molecule has 1 fully saturated rings. The Balaban J connectivity index is 1.93. The number of rotatable bonds is 5. The molecule has 2 aromatic rings. The molecule has 3 rings (SSSR count). The third-order valence-electron chi connectivity index (χ3n) is 4.25. The molecule has 25 heavy (non-hydrogen) atoms. The van der Waals surface area contributed by atoms with Crippen LogP contribution in [0.2, 0.25) is 0 Å². The van der Waals surface area contributed by atoms with Gasteiger partial charge in [-0.2, -0.15) is 4.31 Å². The molecule has 2 aromatic carbocycles. The van der Waals surface area contributed by atoms with Crippen molar-refractivity contribution < 1.29 is 13.2 Å². The molecule has 1 aliphatic heterocycles. The van der Waals surface area contributed by atoms with E-state index < -0.39 is 10.0 Å². The number of benzene rings is 2. The largest absolute Gasteiger partial charge is 0.496 e. The molecule has 0 bridgehead atoms. The maximum absolute atomic E-state index is 13.1. The first-order chi connectivity index (χ1) is 12.0. The van der Waals surface area contributed by atoms with E-state index in [1.165, 1.54) is 0 Å². The van der Waals surface area contributed by atoms with Crippen LogP contribution in [0.3, 0.4) is 0 Å². The van der Waals surface area contributed by atoms with Gasteiger partial charge < -0.3 is 4.74 Å². The van der Waals surface area contributed by atoms with Gasteiger partial charge in [0.25, 0.3) is 0 Å². The maximum Gasteiger partial charge on any atom is 0.244 e. The predicted molar refractivity (Wildman–Crippen MR) is 106 cm³/mol. The molecule has 1 aliphatic rings. The molecule has 0 N–H and O–H groups in total. The molecule has 1 heterocycles. The van der Waals surface area contributed by atoms with Crippen molar-refractivity contribution in [2.45, 2.75) is 23.6 Å². The third-order valence-corrected chi connectivity index (χ3v) is 8.14. The second-order valence-corrected chi connectivity index (χ2v) is 9.66. The van der Waals surface area contributed by atoms with Crippen LogP contribution >= 0.6 is 27.7 Å². The highest BCUT2D eigenvalue weighted by atomic mass is 79.9. The summed E-state index contributed by atoms with van der Waals surface area (Å²) >= 11 is 5.12. The molecule has 1 saturated heterocycles. The molecule has 0 aliphatic carbocycles. The summed E-state index contributed by atoms with van der Waals surface area (Å²) in [6, 6.07) is 12.9. The predicted octanol–water partition coefficient (Wildman–Crippen LogP) is 4.46. The van der Waals surface area contributed by atoms with Crippen molar-refractivity contribution in [1.29, 1.82) is 0 Å². The van der Waals surface area contributed by atoms with E-state index in [9.17, 15) is 8.42 Å². The summed E-state index contributed by atoms with van der Waals surface area (Å²) in [6.07, 6.45) is 0.891. The van der Waals surface area contributed by atoms with Gasteiger partial charge in [0.15, 0.2) is 0 Å². The number of hydrogen-bond donors (Lipinski definition) is 0. The molecule has 1 atom stereocenters. The lowest BCUT2D eigenvalue weighted by Gasteiger charge is -2.24. The minimum Gasteiger partial charge on any atom is -0.496 e. The number of nitrogens with zero attached hydrogens (tertiary/aromatic N) is 1. The average molecular weight is 442 g/mol. The topological polar surface area (TPSA) is 46.6 Å². The van der Waals surface area contributed by atoms with Crippen LogP contribution in [0.1, 0.15) is 23.4 Å². The van der Waals surface area contributed by atoms with Crippen LogP contribution in [-0.2, 0) is 16.4 Å². The Labute approximate surface area is 161 Å². The van der Waals surface area contributed by atoms with Gasteiger partial charge in [-0.1, -0.05) is 25.1 Å². The second-order valence-electron chi connectivity index (χ2n) is 5.73. The van der Waals surface area contributed by atoms with E-state index >= 15 is 0 Å². The lowest BCUT2D eigenvalue weighted by Crippen LogP contribution is -2.30. The Morgan fingerprint density at radius 2 is 1.96 bits per heavy atom. The van der Waals surface area contributed by atoms with Crippen LogP contribution in [0.5, 0.6) is 5.75 Å². The van der Waals surface area contributed by atoms with Crippen molar-refractivity contribution in [3.63, 3.8) is 0 Å². The molecule has 0 unspecified atom stereocenters. The normalized spacial score (nSPS) is 18.4. The zero-order chi connectivity index (χ0) is 18.0. The molecule has 7 heteroatoms. The van der Waals surface area contributed by atoms with E-state index in [-0.39, 0.29) is 5.37 Å². The van der Waals surface area contributed by atoms with Crippen LogP contribution < -0.4 is 4.74 Å². The fourth-order valence-corrected chi connectivity index (χ4v) is 6.62. The summed E-state index contributed by atoms with van der Waals surface area (Å²) in [4.78, 5) is 0.352. The summed E-state index contributed by atoms with van der Waals surface area (Å²) in [6.45, 7) is 2.56. The van der Waals surface area contributed by atoms with Crippen molar-refractivity contribution in [3.8, 4) is 5.75 Å². The lowest BCUT2D eigenvalue weighted by molar-refractivity contribution is 0.410. The molecule has 0 saturated carbocycles. The van der Waals surface area contributed by atoms with Gasteiger partial charge in [0.1, 0.15) is 5.75 Å². The van der Waals surface area contributed by atoms with Crippen molar-refractivity contribution in [2.75, 3.05) is 19.4 Å². The zero-order valence-corrected chi connectivity index (χ0v) is 17.3. The fourth-order valence-electron chi connectivity index (χ4n) is 2.83. The molecular weight excluding hydrogens is 422 g/mol. The number of ether oxygens (including phenoxy) is 1. The van der Waals surface area contributed by atoms with E-state index in [1.807, 2.05) is 30.3 Å². The number of halogens is 1. The molecular formula is C18H20BrNO3S2. The van der Waals surface area contributed by atoms with Gasteiger partial charge in [-0.15, -0.1) is 11.8 Å². The fraction of sp³-hybridized carbons (Fsp3) is 0.333. The molecule has 0 amide bonds. The van der Waals surface area contributed by atoms with Crippen LogP contribution in [0.25, 0.3) is 0 Å². The first kappa shape index (κ1) is 18.8. The van der Waals surface area contributed by atoms with Crippen molar-refractivity contribution in [2.24, 2.45) is 0 Å². The van der Waals surface area contributed by atoms with Crippen LogP contribution in [0.15, 0.2) is 51.8 Å². The first-order valence-corrected chi connectivity index (χ1v) is 11.3. The summed E-state index contributed by atoms with van der Waals surface area (Å²) in [5, 5.41) is -0.224. The van der Waals surface area contributed by atoms with E-state index in [4.69, 9.17) is 4.74 Å². The first-order valence-electron chi connectivity index (χ1n) is 8.03. The highest BCUT2D eigenvalue weighted by molar-refractivity contribution is 9.10. The number of thioether (sulfide) groups is 1. The van der Waals surface area contributed by atoms with Gasteiger partial charge in [0, 0.05) is 12.3 Å². The van der Waals surface area contributed by atoms with E-state index in [0.717, 1.165) is 33.5 Å². The van der Waals surface area contributed by atoms with Gasteiger partial charge in [-0.25, -0.2) is 8.42 Å². The summed E-state index contributed by atoms with van der Waals surface area (Å²) in [5.41, 5.74) is 2.08. The minimum absolute atomic E-state index is 0.224. The Bertz CT molecular complexity index is 853. The average Bonchev–Trinajstić information content (AvgIpc) is 3.12. The zero-order valence-electron chi connectivity index (χ0n) is 14.1. The Kier molecular flexibility index (Phi) is 5.78. The Morgan fingerprint density at radius 1 is 1.24 bits per heavy atom. The SMILES string of the molecule is CCc1ccc(S(=O)(=O)N2CCS[C@H]2c2ccc(OC)c(Br)c2)cc1. The van der Waals surface area contributed by atoms with Crippen LogP contribution in [0.4, 0.5) is 0 Å². The Morgan fingerprint density at radius 3 is 2.56 bits per heavy atom. The number of hydrogen-bond acceptors (Lipinski definition) is 4. The van der Waals surface area contributed by atoms with Crippen molar-refractivity contribution >= 4 is 37.7 Å². The maximum atomic E-state index is 13.1. The standard InChI is InChI=1S/C18H20BrNO3S2/c1-3-13-4-7-15(8-5-13)25(21,22)20-10-11-24-18(20)14-6-9-17(23-2)16(19)12-14/h4-9,12,18H,3,10-11H2,1-2H3/t18-/m0/s1. The number of methoxy groups -OCH3 is 1. The minimum atomic E-state index is -3.52. The lowest BCUT2D eigenvalue weighted by atomic mass is 10.2. The summed E-state index contributed by atoms with van der Waals surface area (Å²) < 4.78 is 33.9. The summed E-state index contributed by atoms with van der Waals surface area (Å²) in [5.74, 6) is 1.51. The van der Waals surface area contributed by atoms with E-state index in [0.29, 0.717) is 11.4 Å². The smallest absolute Gasteiger partial charge is 0.244 e. The number of aryl methyl sites for hydroxylation is 1. The van der Waals surface area contributed by atoms with Gasteiger partial charge in [0.2, 0.25) is 10.0 Å². The van der Waals surface area contributed by atoms with Gasteiger partial charge in [-0.05, 0) is 57.7 Å². The monoisotopic (exact) mass is 441 g/mol.